The normalized spacial score (nSPS) is 10.7. The Morgan fingerprint density at radius 2 is 1.86 bits per heavy atom. The van der Waals surface area contributed by atoms with Crippen molar-refractivity contribution in [3.05, 3.63) is 69.2 Å². The third kappa shape index (κ3) is 5.44. The third-order valence-corrected chi connectivity index (χ3v) is 4.11. The molecule has 2 aromatic rings. The van der Waals surface area contributed by atoms with Crippen LogP contribution >= 0.6 is 27.5 Å². The van der Waals surface area contributed by atoms with Gasteiger partial charge in [0.05, 0.1) is 6.54 Å². The Morgan fingerprint density at radius 1 is 1.18 bits per heavy atom. The van der Waals surface area contributed by atoms with E-state index in [0.717, 1.165) is 16.6 Å². The summed E-state index contributed by atoms with van der Waals surface area (Å²) in [4.78, 5) is 14.0. The fraction of sp³-hybridized carbons (Fsp3) is 0.235. The predicted molar refractivity (Wildman–Crippen MR) is 93.8 cm³/mol. The number of rotatable bonds is 6. The van der Waals surface area contributed by atoms with Crippen LogP contribution in [0.5, 0.6) is 0 Å². The molecule has 0 aromatic heterocycles. The van der Waals surface area contributed by atoms with E-state index in [1.54, 1.807) is 0 Å². The van der Waals surface area contributed by atoms with E-state index >= 15 is 0 Å². The molecule has 0 unspecified atom stereocenters. The monoisotopic (exact) mass is 380 g/mol. The van der Waals surface area contributed by atoms with Crippen LogP contribution in [0.15, 0.2) is 53.0 Å². The van der Waals surface area contributed by atoms with Gasteiger partial charge in [-0.2, -0.15) is 0 Å². The van der Waals surface area contributed by atoms with Crippen molar-refractivity contribution in [2.24, 2.45) is 0 Å². The second-order valence-corrected chi connectivity index (χ2v) is 6.49. The molecule has 2 aromatic carbocycles. The van der Waals surface area contributed by atoms with Gasteiger partial charge in [0.15, 0.2) is 0 Å². The van der Waals surface area contributed by atoms with Gasteiger partial charge in [0.1, 0.15) is 0 Å². The van der Waals surface area contributed by atoms with E-state index in [1.165, 1.54) is 5.56 Å². The molecule has 0 spiro atoms. The average molecular weight is 382 g/mol. The molecule has 0 aliphatic heterocycles. The standard InChI is InChI=1S/C17H18BrClN2O/c1-21(11-13-6-8-15(18)9-7-13)12-17(22)20-10-14-4-2-3-5-16(14)19/h2-9H,10-12H2,1H3,(H,20,22). The Hall–Kier alpha value is -1.36. The molecule has 0 aliphatic carbocycles. The minimum absolute atomic E-state index is 0.0143. The number of amides is 1. The lowest BCUT2D eigenvalue weighted by Gasteiger charge is -2.16. The van der Waals surface area contributed by atoms with Crippen LogP contribution < -0.4 is 5.32 Å². The molecule has 0 heterocycles. The number of benzene rings is 2. The maximum absolute atomic E-state index is 12.0. The van der Waals surface area contributed by atoms with Gasteiger partial charge in [-0.15, -0.1) is 0 Å². The Morgan fingerprint density at radius 3 is 2.55 bits per heavy atom. The van der Waals surface area contributed by atoms with Crippen LogP contribution in [0.25, 0.3) is 0 Å². The summed E-state index contributed by atoms with van der Waals surface area (Å²) in [6, 6.07) is 15.6. The number of hydrogen-bond acceptors (Lipinski definition) is 2. The number of nitrogens with one attached hydrogen (secondary N) is 1. The fourth-order valence-electron chi connectivity index (χ4n) is 2.09. The highest BCUT2D eigenvalue weighted by molar-refractivity contribution is 9.10. The van der Waals surface area contributed by atoms with Crippen LogP contribution in [0, 0.1) is 0 Å². The topological polar surface area (TPSA) is 32.3 Å². The maximum Gasteiger partial charge on any atom is 0.234 e. The zero-order valence-corrected chi connectivity index (χ0v) is 14.7. The summed E-state index contributed by atoms with van der Waals surface area (Å²) in [5.74, 6) is -0.0143. The lowest BCUT2D eigenvalue weighted by atomic mass is 10.2. The Kier molecular flexibility index (Phi) is 6.43. The molecule has 0 fully saturated rings. The summed E-state index contributed by atoms with van der Waals surface area (Å²) < 4.78 is 1.05. The van der Waals surface area contributed by atoms with Gasteiger partial charge in [-0.05, 0) is 36.4 Å². The molecular formula is C17H18BrClN2O. The second kappa shape index (κ2) is 8.32. The molecule has 0 saturated heterocycles. The first kappa shape index (κ1) is 17.0. The molecule has 1 amide bonds. The Labute approximate surface area is 144 Å². The summed E-state index contributed by atoms with van der Waals surface area (Å²) in [5, 5.41) is 3.57. The van der Waals surface area contributed by atoms with Gasteiger partial charge in [0, 0.05) is 22.6 Å². The Bertz CT molecular complexity index is 631. The van der Waals surface area contributed by atoms with Gasteiger partial charge in [0.2, 0.25) is 5.91 Å². The summed E-state index contributed by atoms with van der Waals surface area (Å²) in [7, 11) is 1.93. The van der Waals surface area contributed by atoms with Gasteiger partial charge in [0.25, 0.3) is 0 Å². The van der Waals surface area contributed by atoms with Crippen LogP contribution in [0.3, 0.4) is 0 Å². The maximum atomic E-state index is 12.0. The van der Waals surface area contributed by atoms with E-state index in [9.17, 15) is 4.79 Å². The predicted octanol–water partition coefficient (Wildman–Crippen LogP) is 3.85. The molecule has 5 heteroatoms. The van der Waals surface area contributed by atoms with Gasteiger partial charge in [-0.3, -0.25) is 9.69 Å². The molecule has 0 saturated carbocycles. The van der Waals surface area contributed by atoms with E-state index in [4.69, 9.17) is 11.6 Å². The van der Waals surface area contributed by atoms with Gasteiger partial charge in [-0.1, -0.05) is 57.9 Å². The van der Waals surface area contributed by atoms with Crippen molar-refractivity contribution in [2.75, 3.05) is 13.6 Å². The smallest absolute Gasteiger partial charge is 0.234 e. The highest BCUT2D eigenvalue weighted by Crippen LogP contribution is 2.14. The molecule has 0 aliphatic rings. The molecule has 0 bridgehead atoms. The van der Waals surface area contributed by atoms with Crippen LogP contribution in [0.1, 0.15) is 11.1 Å². The highest BCUT2D eigenvalue weighted by atomic mass is 79.9. The molecule has 1 N–H and O–H groups in total. The first-order chi connectivity index (χ1) is 10.5. The largest absolute Gasteiger partial charge is 0.351 e. The summed E-state index contributed by atoms with van der Waals surface area (Å²) >= 11 is 9.48. The molecule has 0 atom stereocenters. The third-order valence-electron chi connectivity index (χ3n) is 3.21. The van der Waals surface area contributed by atoms with Crippen molar-refractivity contribution in [3.63, 3.8) is 0 Å². The molecule has 0 radical (unpaired) electrons. The van der Waals surface area contributed by atoms with E-state index in [0.29, 0.717) is 18.1 Å². The second-order valence-electron chi connectivity index (χ2n) is 5.17. The van der Waals surface area contributed by atoms with Crippen molar-refractivity contribution in [3.8, 4) is 0 Å². The Balaban J connectivity index is 1.79. The average Bonchev–Trinajstić information content (AvgIpc) is 2.49. The van der Waals surface area contributed by atoms with Gasteiger partial charge >= 0.3 is 0 Å². The zero-order chi connectivity index (χ0) is 15.9. The van der Waals surface area contributed by atoms with E-state index in [1.807, 2.05) is 60.5 Å². The van der Waals surface area contributed by atoms with Gasteiger partial charge < -0.3 is 5.32 Å². The molecule has 116 valence electrons. The van der Waals surface area contributed by atoms with Crippen molar-refractivity contribution >= 4 is 33.4 Å². The lowest BCUT2D eigenvalue weighted by molar-refractivity contribution is -0.122. The molecule has 2 rings (SSSR count). The number of halogens is 2. The van der Waals surface area contributed by atoms with Crippen molar-refractivity contribution in [2.45, 2.75) is 13.1 Å². The van der Waals surface area contributed by atoms with E-state index in [2.05, 4.69) is 21.2 Å². The fourth-order valence-corrected chi connectivity index (χ4v) is 2.56. The number of likely N-dealkylation sites (N-methyl/N-ethyl adjacent to an activating group) is 1. The number of carbonyl (C=O) groups is 1. The van der Waals surface area contributed by atoms with Crippen molar-refractivity contribution < 1.29 is 4.79 Å². The number of nitrogens with zero attached hydrogens (tertiary/aromatic N) is 1. The van der Waals surface area contributed by atoms with Gasteiger partial charge in [-0.25, -0.2) is 0 Å². The molecule has 3 nitrogen and oxygen atoms in total. The summed E-state index contributed by atoms with van der Waals surface area (Å²) in [6.45, 7) is 1.53. The first-order valence-corrected chi connectivity index (χ1v) is 8.15. The van der Waals surface area contributed by atoms with Crippen molar-refractivity contribution in [1.82, 2.24) is 10.2 Å². The lowest BCUT2D eigenvalue weighted by Crippen LogP contribution is -2.34. The first-order valence-electron chi connectivity index (χ1n) is 6.97. The quantitative estimate of drug-likeness (QED) is 0.824. The van der Waals surface area contributed by atoms with Crippen molar-refractivity contribution in [1.29, 1.82) is 0 Å². The minimum atomic E-state index is -0.0143. The summed E-state index contributed by atoms with van der Waals surface area (Å²) in [6.07, 6.45) is 0. The SMILES string of the molecule is CN(CC(=O)NCc1ccccc1Cl)Cc1ccc(Br)cc1. The number of carbonyl (C=O) groups excluding carboxylic acids is 1. The molecule has 22 heavy (non-hydrogen) atoms. The molecular weight excluding hydrogens is 364 g/mol. The van der Waals surface area contributed by atoms with Crippen LogP contribution in [0.2, 0.25) is 5.02 Å². The summed E-state index contributed by atoms with van der Waals surface area (Å²) in [5.41, 5.74) is 2.10. The van der Waals surface area contributed by atoms with Crippen LogP contribution in [-0.4, -0.2) is 24.4 Å². The minimum Gasteiger partial charge on any atom is -0.351 e. The van der Waals surface area contributed by atoms with Crippen LogP contribution in [-0.2, 0) is 17.9 Å². The zero-order valence-electron chi connectivity index (χ0n) is 12.4. The van der Waals surface area contributed by atoms with Crippen LogP contribution in [0.4, 0.5) is 0 Å². The number of hydrogen-bond donors (Lipinski definition) is 1. The van der Waals surface area contributed by atoms with E-state index in [-0.39, 0.29) is 5.91 Å². The highest BCUT2D eigenvalue weighted by Gasteiger charge is 2.08. The van der Waals surface area contributed by atoms with E-state index < -0.39 is 0 Å².